The number of carbonyl (C=O) groups is 2. The number of thiazole rings is 1. The molecule has 0 radical (unpaired) electrons. The van der Waals surface area contributed by atoms with Gasteiger partial charge in [0.15, 0.2) is 0 Å². The van der Waals surface area contributed by atoms with Gasteiger partial charge in [-0.15, -0.1) is 11.3 Å². The van der Waals surface area contributed by atoms with Crippen LogP contribution in [0.1, 0.15) is 57.1 Å². The molecule has 1 saturated heterocycles. The van der Waals surface area contributed by atoms with Crippen molar-refractivity contribution in [2.75, 3.05) is 19.6 Å². The molecule has 2 amide bonds. The Morgan fingerprint density at radius 1 is 1.15 bits per heavy atom. The molecule has 1 fully saturated rings. The number of nitrogens with zero attached hydrogens (tertiary/aromatic N) is 3. The highest BCUT2D eigenvalue weighted by molar-refractivity contribution is 7.09. The van der Waals surface area contributed by atoms with Gasteiger partial charge in [0, 0.05) is 37.5 Å². The molecular formula is C25H25ClFN3O2S. The molecule has 0 unspecified atom stereocenters. The third-order valence-electron chi connectivity index (χ3n) is 5.93. The highest BCUT2D eigenvalue weighted by Gasteiger charge is 2.29. The van der Waals surface area contributed by atoms with E-state index in [0.29, 0.717) is 44.7 Å². The van der Waals surface area contributed by atoms with E-state index in [0.717, 1.165) is 10.6 Å². The lowest BCUT2D eigenvalue weighted by atomic mass is 9.97. The Morgan fingerprint density at radius 2 is 1.88 bits per heavy atom. The highest BCUT2D eigenvalue weighted by atomic mass is 35.5. The van der Waals surface area contributed by atoms with Crippen molar-refractivity contribution in [1.29, 1.82) is 0 Å². The van der Waals surface area contributed by atoms with E-state index in [9.17, 15) is 14.0 Å². The predicted octanol–water partition coefficient (Wildman–Crippen LogP) is 5.62. The first-order chi connectivity index (χ1) is 16.0. The van der Waals surface area contributed by atoms with Crippen LogP contribution >= 0.6 is 22.9 Å². The highest BCUT2D eigenvalue weighted by Crippen LogP contribution is 2.32. The van der Waals surface area contributed by atoms with Crippen molar-refractivity contribution in [3.8, 4) is 0 Å². The lowest BCUT2D eigenvalue weighted by Crippen LogP contribution is -2.38. The fourth-order valence-electron chi connectivity index (χ4n) is 4.06. The standard InChI is InChI=1S/C25H25ClFN3O2S/c1-2-29(15-17-7-4-3-5-8-17)24(31)21-16-33-23(28-21)18-11-13-30(14-12-18)25(32)22-19(26)9-6-10-20(22)27/h3-10,16,18H,2,11-15H2,1H3. The summed E-state index contributed by atoms with van der Waals surface area (Å²) in [5.74, 6) is -0.897. The number of amides is 2. The molecule has 0 saturated carbocycles. The molecule has 0 N–H and O–H groups in total. The molecule has 0 atom stereocenters. The van der Waals surface area contributed by atoms with Crippen molar-refractivity contribution in [2.45, 2.75) is 32.2 Å². The Morgan fingerprint density at radius 3 is 2.55 bits per heavy atom. The summed E-state index contributed by atoms with van der Waals surface area (Å²) in [6.07, 6.45) is 1.42. The van der Waals surface area contributed by atoms with Crippen LogP contribution in [0.5, 0.6) is 0 Å². The molecule has 172 valence electrons. The second kappa shape index (κ2) is 10.4. The van der Waals surface area contributed by atoms with Gasteiger partial charge in [-0.2, -0.15) is 0 Å². The second-order valence-corrected chi connectivity index (χ2v) is 9.34. The average Bonchev–Trinajstić information content (AvgIpc) is 3.33. The van der Waals surface area contributed by atoms with Crippen molar-refractivity contribution < 1.29 is 14.0 Å². The van der Waals surface area contributed by atoms with E-state index in [1.54, 1.807) is 9.80 Å². The summed E-state index contributed by atoms with van der Waals surface area (Å²) in [4.78, 5) is 33.8. The molecule has 0 aliphatic carbocycles. The summed E-state index contributed by atoms with van der Waals surface area (Å²) in [7, 11) is 0. The van der Waals surface area contributed by atoms with Crippen LogP contribution in [-0.2, 0) is 6.54 Å². The number of aromatic nitrogens is 1. The third-order valence-corrected chi connectivity index (χ3v) is 7.26. The quantitative estimate of drug-likeness (QED) is 0.455. The van der Waals surface area contributed by atoms with Gasteiger partial charge in [0.2, 0.25) is 0 Å². The molecule has 2 aromatic carbocycles. The molecule has 1 aromatic heterocycles. The van der Waals surface area contributed by atoms with E-state index in [4.69, 9.17) is 11.6 Å². The zero-order valence-corrected chi connectivity index (χ0v) is 19.9. The Labute approximate surface area is 201 Å². The second-order valence-electron chi connectivity index (χ2n) is 8.04. The largest absolute Gasteiger partial charge is 0.338 e. The van der Waals surface area contributed by atoms with Crippen molar-refractivity contribution >= 4 is 34.8 Å². The predicted molar refractivity (Wildman–Crippen MR) is 128 cm³/mol. The summed E-state index contributed by atoms with van der Waals surface area (Å²) in [5, 5.41) is 2.86. The maximum atomic E-state index is 14.1. The van der Waals surface area contributed by atoms with Crippen molar-refractivity contribution in [2.24, 2.45) is 0 Å². The third kappa shape index (κ3) is 5.25. The van der Waals surface area contributed by atoms with E-state index < -0.39 is 5.82 Å². The number of benzene rings is 2. The summed E-state index contributed by atoms with van der Waals surface area (Å²) in [6, 6.07) is 14.2. The maximum absolute atomic E-state index is 14.1. The molecule has 1 aliphatic rings. The van der Waals surface area contributed by atoms with Crippen LogP contribution in [-0.4, -0.2) is 46.2 Å². The van der Waals surface area contributed by atoms with E-state index in [1.807, 2.05) is 42.6 Å². The van der Waals surface area contributed by atoms with E-state index in [2.05, 4.69) is 4.98 Å². The van der Waals surface area contributed by atoms with Crippen LogP contribution in [0.3, 0.4) is 0 Å². The summed E-state index contributed by atoms with van der Waals surface area (Å²) in [6.45, 7) is 4.09. The normalized spacial score (nSPS) is 14.3. The fourth-order valence-corrected chi connectivity index (χ4v) is 5.27. The Balaban J connectivity index is 1.38. The molecule has 2 heterocycles. The SMILES string of the molecule is CCN(Cc1ccccc1)C(=O)c1csc(C2CCN(C(=O)c3c(F)cccc3Cl)CC2)n1. The van der Waals surface area contributed by atoms with Crippen LogP contribution < -0.4 is 0 Å². The number of piperidine rings is 1. The minimum atomic E-state index is -0.603. The van der Waals surface area contributed by atoms with Crippen LogP contribution in [0, 0.1) is 5.82 Å². The Bertz CT molecular complexity index is 1110. The van der Waals surface area contributed by atoms with Crippen molar-refractivity contribution in [3.05, 3.63) is 86.6 Å². The first-order valence-electron chi connectivity index (χ1n) is 11.0. The van der Waals surface area contributed by atoms with Gasteiger partial charge in [-0.25, -0.2) is 9.37 Å². The van der Waals surface area contributed by atoms with Crippen LogP contribution in [0.4, 0.5) is 4.39 Å². The topological polar surface area (TPSA) is 53.5 Å². The molecular weight excluding hydrogens is 461 g/mol. The van der Waals surface area contributed by atoms with Gasteiger partial charge in [0.05, 0.1) is 15.6 Å². The first kappa shape index (κ1) is 23.4. The number of hydrogen-bond donors (Lipinski definition) is 0. The van der Waals surface area contributed by atoms with Gasteiger partial charge in [-0.3, -0.25) is 9.59 Å². The zero-order chi connectivity index (χ0) is 23.4. The van der Waals surface area contributed by atoms with Gasteiger partial charge < -0.3 is 9.80 Å². The van der Waals surface area contributed by atoms with E-state index >= 15 is 0 Å². The van der Waals surface area contributed by atoms with Gasteiger partial charge in [0.25, 0.3) is 11.8 Å². The first-order valence-corrected chi connectivity index (χ1v) is 12.3. The Kier molecular flexibility index (Phi) is 7.40. The molecule has 1 aliphatic heterocycles. The lowest BCUT2D eigenvalue weighted by Gasteiger charge is -2.31. The fraction of sp³-hybridized carbons (Fsp3) is 0.320. The van der Waals surface area contributed by atoms with E-state index in [1.165, 1.54) is 29.5 Å². The Hall–Kier alpha value is -2.77. The van der Waals surface area contributed by atoms with Gasteiger partial charge >= 0.3 is 0 Å². The van der Waals surface area contributed by atoms with Gasteiger partial charge in [0.1, 0.15) is 11.5 Å². The van der Waals surface area contributed by atoms with Crippen LogP contribution in [0.2, 0.25) is 5.02 Å². The molecule has 5 nitrogen and oxygen atoms in total. The smallest absolute Gasteiger partial charge is 0.273 e. The van der Waals surface area contributed by atoms with Gasteiger partial charge in [-0.05, 0) is 37.5 Å². The van der Waals surface area contributed by atoms with Gasteiger partial charge in [-0.1, -0.05) is 48.0 Å². The molecule has 0 bridgehead atoms. The summed E-state index contributed by atoms with van der Waals surface area (Å²) >= 11 is 7.54. The molecule has 33 heavy (non-hydrogen) atoms. The molecule has 0 spiro atoms. The monoisotopic (exact) mass is 485 g/mol. The van der Waals surface area contributed by atoms with Crippen LogP contribution in [0.25, 0.3) is 0 Å². The van der Waals surface area contributed by atoms with Crippen molar-refractivity contribution in [1.82, 2.24) is 14.8 Å². The maximum Gasteiger partial charge on any atom is 0.273 e. The summed E-state index contributed by atoms with van der Waals surface area (Å²) in [5.41, 5.74) is 1.47. The number of carbonyl (C=O) groups excluding carboxylic acids is 2. The minimum Gasteiger partial charge on any atom is -0.338 e. The summed E-state index contributed by atoms with van der Waals surface area (Å²) < 4.78 is 14.1. The zero-order valence-electron chi connectivity index (χ0n) is 18.3. The molecule has 4 rings (SSSR count). The number of likely N-dealkylation sites (tertiary alicyclic amines) is 1. The lowest BCUT2D eigenvalue weighted by molar-refractivity contribution is 0.0708. The number of hydrogen-bond acceptors (Lipinski definition) is 4. The van der Waals surface area contributed by atoms with Crippen LogP contribution in [0.15, 0.2) is 53.9 Å². The minimum absolute atomic E-state index is 0.0715. The van der Waals surface area contributed by atoms with E-state index in [-0.39, 0.29) is 28.3 Å². The number of halogens is 2. The molecule has 8 heteroatoms. The average molecular weight is 486 g/mol. The molecule has 3 aromatic rings. The van der Waals surface area contributed by atoms with Crippen molar-refractivity contribution in [3.63, 3.8) is 0 Å². The number of rotatable bonds is 6.